The van der Waals surface area contributed by atoms with E-state index in [0.29, 0.717) is 18.1 Å². The molecule has 3 N–H and O–H groups in total. The van der Waals surface area contributed by atoms with Crippen LogP contribution in [0.3, 0.4) is 0 Å². The lowest BCUT2D eigenvalue weighted by Gasteiger charge is -2.34. The standard InChI is InChI=1S/C22H25N5S.C21H24N6S.C20H21N5S/c1-25(2)18-8-10-27(11-9-18)22-23-20-7-5-16(13-21(20)28-22)15-4-6-19-17(12-15)14-26(3)24-19;1-13-8-14(9-15-12-26(2)25-20(13)15)17-10-19-18(11-23-17)24-21(28-19)27(3)16-4-6-22-7-5-16;1-24-12-15-10-13(2-4-17(15)23-24)14-3-5-18-19(11-14)26-20(22-18)25-8-6-16(21)7-9-25/h4-7,12-14,18H,8-11H2,1-3H3;8-12,16,22H,4-7H2,1-3H3;2-5,10-12,16H,6-9,21H2,1H3. The zero-order valence-electron chi connectivity index (χ0n) is 47.8. The van der Waals surface area contributed by atoms with Crippen molar-refractivity contribution in [1.29, 1.82) is 0 Å². The summed E-state index contributed by atoms with van der Waals surface area (Å²) < 4.78 is 9.27. The van der Waals surface area contributed by atoms with Gasteiger partial charge in [-0.2, -0.15) is 15.3 Å². The van der Waals surface area contributed by atoms with Crippen molar-refractivity contribution in [2.45, 2.75) is 63.6 Å². The summed E-state index contributed by atoms with van der Waals surface area (Å²) >= 11 is 5.35. The van der Waals surface area contributed by atoms with Gasteiger partial charge in [0, 0.05) is 113 Å². The Hall–Kier alpha value is -7.39. The third-order valence-electron chi connectivity index (χ3n) is 16.6. The van der Waals surface area contributed by atoms with Gasteiger partial charge < -0.3 is 30.7 Å². The van der Waals surface area contributed by atoms with E-state index in [1.54, 1.807) is 22.7 Å². The molecule has 12 aromatic rings. The molecule has 0 aliphatic carbocycles. The molecule has 0 radical (unpaired) electrons. The first kappa shape index (κ1) is 53.9. The second kappa shape index (κ2) is 22.7. The predicted octanol–water partition coefficient (Wildman–Crippen LogP) is 11.9. The van der Waals surface area contributed by atoms with Crippen LogP contribution in [0.25, 0.3) is 96.9 Å². The van der Waals surface area contributed by atoms with Crippen LogP contribution in [-0.4, -0.2) is 133 Å². The fourth-order valence-corrected chi connectivity index (χ4v) is 15.0. The van der Waals surface area contributed by atoms with Gasteiger partial charge in [0.15, 0.2) is 15.4 Å². The fourth-order valence-electron chi connectivity index (χ4n) is 11.8. The van der Waals surface area contributed by atoms with Gasteiger partial charge in [-0.1, -0.05) is 58.3 Å². The molecule has 5 aromatic carbocycles. The van der Waals surface area contributed by atoms with Crippen LogP contribution in [0.15, 0.2) is 116 Å². The summed E-state index contributed by atoms with van der Waals surface area (Å²) in [5, 5.41) is 23.7. The second-order valence-electron chi connectivity index (χ2n) is 22.7. The molecule has 16 nitrogen and oxygen atoms in total. The van der Waals surface area contributed by atoms with Gasteiger partial charge in [-0.15, -0.1) is 0 Å². The molecule has 7 aromatic heterocycles. The van der Waals surface area contributed by atoms with Crippen molar-refractivity contribution in [3.63, 3.8) is 0 Å². The zero-order chi connectivity index (χ0) is 56.2. The molecule has 0 bridgehead atoms. The first-order valence-electron chi connectivity index (χ1n) is 28.6. The Morgan fingerprint density at radius 3 is 1.59 bits per heavy atom. The molecule has 3 saturated heterocycles. The molecule has 0 amide bonds. The Balaban J connectivity index is 0.000000116. The quantitative estimate of drug-likeness (QED) is 0.148. The van der Waals surface area contributed by atoms with Gasteiger partial charge in [0.2, 0.25) is 0 Å². The lowest BCUT2D eigenvalue weighted by molar-refractivity contribution is 0.249. The molecule has 15 rings (SSSR count). The van der Waals surface area contributed by atoms with Gasteiger partial charge in [0.05, 0.1) is 53.6 Å². The summed E-state index contributed by atoms with van der Waals surface area (Å²) in [7, 11) is 12.4. The van der Waals surface area contributed by atoms with Crippen LogP contribution >= 0.6 is 34.0 Å². The van der Waals surface area contributed by atoms with E-state index in [1.165, 1.54) is 78.4 Å². The number of nitrogens with one attached hydrogen (secondary N) is 1. The molecule has 82 heavy (non-hydrogen) atoms. The molecule has 3 aliphatic rings. The SMILES string of the molecule is CN(C)C1CCN(c2nc3ccc(-c4ccc5nn(C)cc5c4)cc3s2)CC1.Cc1cc(-c2cc3sc(N(C)C4CCNCC4)nc3cn2)cc2cn(C)nc12.Cn1cc2cc(-c3ccc4nc(N5CCC(N)CC5)sc4c3)ccc2n1. The summed E-state index contributed by atoms with van der Waals surface area (Å²) in [5.74, 6) is 0. The van der Waals surface area contributed by atoms with E-state index >= 15 is 0 Å². The maximum absolute atomic E-state index is 6.03. The van der Waals surface area contributed by atoms with E-state index in [2.05, 4.69) is 178 Å². The molecule has 420 valence electrons. The fraction of sp³-hybridized carbons (Fsp3) is 0.349. The molecule has 0 saturated carbocycles. The Bertz CT molecular complexity index is 4240. The highest BCUT2D eigenvalue weighted by Crippen LogP contribution is 2.38. The van der Waals surface area contributed by atoms with E-state index in [4.69, 9.17) is 25.7 Å². The van der Waals surface area contributed by atoms with Crippen LogP contribution in [0, 0.1) is 6.92 Å². The minimum Gasteiger partial charge on any atom is -0.348 e. The number of piperidine rings is 3. The minimum atomic E-state index is 0.342. The average Bonchev–Trinajstić information content (AvgIpc) is 4.51. The van der Waals surface area contributed by atoms with Crippen molar-refractivity contribution in [1.82, 2.24) is 59.5 Å². The number of fused-ring (bicyclic) bond motifs is 6. The summed E-state index contributed by atoms with van der Waals surface area (Å²) in [5.41, 5.74) is 20.5. The molecule has 3 aliphatic heterocycles. The van der Waals surface area contributed by atoms with Crippen LogP contribution in [0.1, 0.15) is 44.1 Å². The van der Waals surface area contributed by atoms with Crippen molar-refractivity contribution >= 4 is 113 Å². The first-order valence-corrected chi connectivity index (χ1v) is 31.0. The highest BCUT2D eigenvalue weighted by molar-refractivity contribution is 7.23. The summed E-state index contributed by atoms with van der Waals surface area (Å²) in [4.78, 5) is 28.8. The van der Waals surface area contributed by atoms with Crippen LogP contribution in [0.5, 0.6) is 0 Å². The summed E-state index contributed by atoms with van der Waals surface area (Å²) in [6, 6.07) is 34.2. The van der Waals surface area contributed by atoms with E-state index in [0.717, 1.165) is 117 Å². The molecule has 0 spiro atoms. The smallest absolute Gasteiger partial charge is 0.186 e. The van der Waals surface area contributed by atoms with Crippen molar-refractivity contribution in [3.05, 3.63) is 121 Å². The zero-order valence-corrected chi connectivity index (χ0v) is 50.2. The lowest BCUT2D eigenvalue weighted by Crippen LogP contribution is -2.41. The van der Waals surface area contributed by atoms with Crippen molar-refractivity contribution in [2.75, 3.05) is 75.1 Å². The number of thiazole rings is 3. The number of hydrogen-bond acceptors (Lipinski definition) is 16. The highest BCUT2D eigenvalue weighted by Gasteiger charge is 2.25. The van der Waals surface area contributed by atoms with Gasteiger partial charge in [0.25, 0.3) is 0 Å². The number of anilines is 3. The van der Waals surface area contributed by atoms with Crippen LogP contribution < -0.4 is 25.8 Å². The van der Waals surface area contributed by atoms with E-state index in [1.807, 2.05) is 52.7 Å². The maximum Gasteiger partial charge on any atom is 0.186 e. The van der Waals surface area contributed by atoms with Crippen LogP contribution in [-0.2, 0) is 21.1 Å². The molecule has 0 atom stereocenters. The van der Waals surface area contributed by atoms with Crippen LogP contribution in [0.2, 0.25) is 0 Å². The molecule has 0 unspecified atom stereocenters. The second-order valence-corrected chi connectivity index (χ2v) is 25.7. The molecule has 10 heterocycles. The largest absolute Gasteiger partial charge is 0.348 e. The molecule has 3 fully saturated rings. The Labute approximate surface area is 489 Å². The third-order valence-corrected chi connectivity index (χ3v) is 19.8. The number of benzene rings is 5. The highest BCUT2D eigenvalue weighted by atomic mass is 32.1. The lowest BCUT2D eigenvalue weighted by atomic mass is 10.0. The number of pyridine rings is 1. The maximum atomic E-state index is 6.03. The van der Waals surface area contributed by atoms with Gasteiger partial charge in [0.1, 0.15) is 5.52 Å². The van der Waals surface area contributed by atoms with Gasteiger partial charge in [-0.3, -0.25) is 19.0 Å². The topological polar surface area (TPSA) is 156 Å². The minimum absolute atomic E-state index is 0.342. The first-order chi connectivity index (χ1) is 39.8. The number of rotatable bonds is 8. The Morgan fingerprint density at radius 2 is 1.01 bits per heavy atom. The summed E-state index contributed by atoms with van der Waals surface area (Å²) in [6.07, 6.45) is 14.9. The van der Waals surface area contributed by atoms with Crippen LogP contribution in [0.4, 0.5) is 15.4 Å². The van der Waals surface area contributed by atoms with Gasteiger partial charge in [-0.25, -0.2) is 15.0 Å². The normalized spacial score (nSPS) is 15.8. The van der Waals surface area contributed by atoms with Gasteiger partial charge in [-0.05, 0) is 167 Å². The average molecular weight is 1150 g/mol. The number of aryl methyl sites for hydroxylation is 4. The van der Waals surface area contributed by atoms with E-state index < -0.39 is 0 Å². The van der Waals surface area contributed by atoms with E-state index in [-0.39, 0.29) is 0 Å². The monoisotopic (exact) mass is 1150 g/mol. The predicted molar refractivity (Wildman–Crippen MR) is 343 cm³/mol. The Morgan fingerprint density at radius 1 is 0.512 bits per heavy atom. The molecular weight excluding hydrogens is 1080 g/mol. The Kier molecular flexibility index (Phi) is 15.0. The van der Waals surface area contributed by atoms with Crippen molar-refractivity contribution in [3.8, 4) is 33.5 Å². The van der Waals surface area contributed by atoms with E-state index in [9.17, 15) is 0 Å². The van der Waals surface area contributed by atoms with Crippen molar-refractivity contribution in [2.24, 2.45) is 26.9 Å². The van der Waals surface area contributed by atoms with Gasteiger partial charge >= 0.3 is 0 Å². The third kappa shape index (κ3) is 11.3. The number of aromatic nitrogens is 10. The molecular formula is C63H70N16S3. The number of nitrogens with two attached hydrogens (primary N) is 1. The number of hydrogen-bond donors (Lipinski definition) is 2. The van der Waals surface area contributed by atoms with Crippen molar-refractivity contribution < 1.29 is 0 Å². The molecule has 19 heteroatoms. The summed E-state index contributed by atoms with van der Waals surface area (Å²) in [6.45, 7) is 8.47. The number of nitrogens with zero attached hydrogens (tertiary/aromatic N) is 14.